The monoisotopic (exact) mass is 302 g/mol. The summed E-state index contributed by atoms with van der Waals surface area (Å²) in [6.07, 6.45) is 3.21. The summed E-state index contributed by atoms with van der Waals surface area (Å²) in [6.45, 7) is 4.05. The number of rotatable bonds is 8. The molecule has 0 saturated heterocycles. The molecule has 19 heavy (non-hydrogen) atoms. The Labute approximate surface area is 119 Å². The highest BCUT2D eigenvalue weighted by Gasteiger charge is 2.31. The summed E-state index contributed by atoms with van der Waals surface area (Å²) in [5.74, 6) is 0.582. The molecule has 1 N–H and O–H groups in total. The molecule has 0 aliphatic heterocycles. The van der Waals surface area contributed by atoms with Crippen molar-refractivity contribution in [3.63, 3.8) is 0 Å². The van der Waals surface area contributed by atoms with Gasteiger partial charge in [-0.05, 0) is 49.2 Å². The molecular weight excluding hydrogens is 280 g/mol. The maximum atomic E-state index is 12.6. The van der Waals surface area contributed by atoms with Crippen molar-refractivity contribution in [1.29, 1.82) is 0 Å². The van der Waals surface area contributed by atoms with Crippen molar-refractivity contribution in [2.45, 2.75) is 36.9 Å². The van der Waals surface area contributed by atoms with Crippen molar-refractivity contribution < 1.29 is 8.42 Å². The summed E-state index contributed by atoms with van der Waals surface area (Å²) in [5, 5.41) is 4.96. The Morgan fingerprint density at radius 3 is 2.79 bits per heavy atom. The Morgan fingerprint density at radius 1 is 1.47 bits per heavy atom. The largest absolute Gasteiger partial charge is 0.316 e. The first-order valence-electron chi connectivity index (χ1n) is 6.80. The van der Waals surface area contributed by atoms with Crippen molar-refractivity contribution >= 4 is 21.4 Å². The van der Waals surface area contributed by atoms with E-state index in [4.69, 9.17) is 0 Å². The van der Waals surface area contributed by atoms with Crippen LogP contribution >= 0.6 is 11.3 Å². The summed E-state index contributed by atoms with van der Waals surface area (Å²) in [4.78, 5) is 0. The average Bonchev–Trinajstić information content (AvgIpc) is 3.05. The van der Waals surface area contributed by atoms with Crippen LogP contribution in [0.4, 0.5) is 0 Å². The molecule has 1 aliphatic carbocycles. The molecule has 0 aromatic carbocycles. The molecule has 0 radical (unpaired) electrons. The predicted octanol–water partition coefficient (Wildman–Crippen LogP) is 2.28. The van der Waals surface area contributed by atoms with Gasteiger partial charge in [0.15, 0.2) is 0 Å². The van der Waals surface area contributed by atoms with E-state index in [0.29, 0.717) is 29.8 Å². The highest BCUT2D eigenvalue weighted by atomic mass is 32.2. The minimum Gasteiger partial charge on any atom is -0.316 e. The van der Waals surface area contributed by atoms with Crippen LogP contribution < -0.4 is 5.32 Å². The van der Waals surface area contributed by atoms with Crippen LogP contribution in [0.1, 0.15) is 31.7 Å². The van der Waals surface area contributed by atoms with Gasteiger partial charge < -0.3 is 5.32 Å². The van der Waals surface area contributed by atoms with Gasteiger partial charge in [-0.25, -0.2) is 8.42 Å². The first kappa shape index (κ1) is 15.0. The summed E-state index contributed by atoms with van der Waals surface area (Å²) >= 11 is 1.33. The second-order valence-electron chi connectivity index (χ2n) is 5.11. The summed E-state index contributed by atoms with van der Waals surface area (Å²) in [5.41, 5.74) is 1.04. The normalized spacial score (nSPS) is 16.2. The minimum atomic E-state index is -3.29. The van der Waals surface area contributed by atoms with Gasteiger partial charge in [0, 0.05) is 19.6 Å². The van der Waals surface area contributed by atoms with Crippen LogP contribution in [0.2, 0.25) is 0 Å². The zero-order valence-electron chi connectivity index (χ0n) is 11.6. The van der Waals surface area contributed by atoms with Crippen LogP contribution in [-0.4, -0.2) is 32.9 Å². The molecule has 1 heterocycles. The van der Waals surface area contributed by atoms with Crippen LogP contribution in [-0.2, 0) is 16.6 Å². The van der Waals surface area contributed by atoms with E-state index in [-0.39, 0.29) is 0 Å². The van der Waals surface area contributed by atoms with Gasteiger partial charge in [0.1, 0.15) is 4.21 Å². The molecule has 6 heteroatoms. The lowest BCUT2D eigenvalue weighted by Gasteiger charge is -2.20. The molecule has 1 aromatic heterocycles. The van der Waals surface area contributed by atoms with Crippen LogP contribution in [0, 0.1) is 5.92 Å². The topological polar surface area (TPSA) is 49.4 Å². The van der Waals surface area contributed by atoms with E-state index in [0.717, 1.165) is 12.0 Å². The van der Waals surface area contributed by atoms with E-state index < -0.39 is 10.0 Å². The molecule has 1 aliphatic rings. The van der Waals surface area contributed by atoms with E-state index in [9.17, 15) is 8.42 Å². The Morgan fingerprint density at radius 2 is 2.21 bits per heavy atom. The van der Waals surface area contributed by atoms with Crippen molar-refractivity contribution in [3.8, 4) is 0 Å². The second kappa shape index (κ2) is 6.35. The van der Waals surface area contributed by atoms with Gasteiger partial charge in [0.25, 0.3) is 10.0 Å². The first-order valence-corrected chi connectivity index (χ1v) is 9.12. The van der Waals surface area contributed by atoms with Gasteiger partial charge in [0.2, 0.25) is 0 Å². The maximum absolute atomic E-state index is 12.6. The number of hydrogen-bond acceptors (Lipinski definition) is 4. The molecule has 0 unspecified atom stereocenters. The van der Waals surface area contributed by atoms with Crippen molar-refractivity contribution in [2.75, 3.05) is 20.1 Å². The number of hydrogen-bond donors (Lipinski definition) is 1. The Hall–Kier alpha value is -0.430. The van der Waals surface area contributed by atoms with Gasteiger partial charge in [-0.1, -0.05) is 6.92 Å². The molecule has 0 bridgehead atoms. The zero-order chi connectivity index (χ0) is 13.9. The van der Waals surface area contributed by atoms with E-state index in [1.807, 2.05) is 19.4 Å². The maximum Gasteiger partial charge on any atom is 0.252 e. The molecule has 108 valence electrons. The standard InChI is InChI=1S/C13H22N2O2S2/c1-3-6-15(9-11-4-5-11)19(16,17)13-7-12(8-14-2)10-18-13/h7,10-11,14H,3-6,8-9H2,1-2H3. The van der Waals surface area contributed by atoms with Gasteiger partial charge in [-0.3, -0.25) is 0 Å². The van der Waals surface area contributed by atoms with E-state index in [2.05, 4.69) is 5.32 Å². The molecule has 0 amide bonds. The lowest BCUT2D eigenvalue weighted by molar-refractivity contribution is 0.397. The Bertz CT molecular complexity index is 506. The van der Waals surface area contributed by atoms with Crippen LogP contribution in [0.3, 0.4) is 0 Å². The lowest BCUT2D eigenvalue weighted by atomic mass is 10.3. The van der Waals surface area contributed by atoms with Crippen LogP contribution in [0.5, 0.6) is 0 Å². The smallest absolute Gasteiger partial charge is 0.252 e. The van der Waals surface area contributed by atoms with Crippen molar-refractivity contribution in [2.24, 2.45) is 5.92 Å². The first-order chi connectivity index (χ1) is 9.07. The quantitative estimate of drug-likeness (QED) is 0.801. The van der Waals surface area contributed by atoms with E-state index in [1.165, 1.54) is 24.2 Å². The van der Waals surface area contributed by atoms with Crippen LogP contribution in [0.15, 0.2) is 15.7 Å². The molecule has 0 spiro atoms. The molecule has 1 aromatic rings. The van der Waals surface area contributed by atoms with Crippen molar-refractivity contribution in [3.05, 3.63) is 17.0 Å². The van der Waals surface area contributed by atoms with Gasteiger partial charge in [-0.15, -0.1) is 11.3 Å². The lowest BCUT2D eigenvalue weighted by Crippen LogP contribution is -2.33. The zero-order valence-corrected chi connectivity index (χ0v) is 13.2. The van der Waals surface area contributed by atoms with E-state index >= 15 is 0 Å². The van der Waals surface area contributed by atoms with Crippen molar-refractivity contribution in [1.82, 2.24) is 9.62 Å². The third-order valence-corrected chi connectivity index (χ3v) is 6.57. The number of thiophene rings is 1. The molecule has 1 saturated carbocycles. The third-order valence-electron chi connectivity index (χ3n) is 3.24. The molecule has 1 fully saturated rings. The summed E-state index contributed by atoms with van der Waals surface area (Å²) in [7, 11) is -1.43. The third kappa shape index (κ3) is 3.78. The summed E-state index contributed by atoms with van der Waals surface area (Å²) < 4.78 is 27.4. The Balaban J connectivity index is 2.16. The predicted molar refractivity (Wildman–Crippen MR) is 78.9 cm³/mol. The van der Waals surface area contributed by atoms with Gasteiger partial charge in [-0.2, -0.15) is 4.31 Å². The van der Waals surface area contributed by atoms with Gasteiger partial charge in [0.05, 0.1) is 0 Å². The molecule has 4 nitrogen and oxygen atoms in total. The second-order valence-corrected chi connectivity index (χ2v) is 8.19. The highest BCUT2D eigenvalue weighted by molar-refractivity contribution is 7.91. The minimum absolute atomic E-state index is 0.479. The fourth-order valence-corrected chi connectivity index (χ4v) is 5.03. The highest BCUT2D eigenvalue weighted by Crippen LogP contribution is 2.32. The molecule has 0 atom stereocenters. The fraction of sp³-hybridized carbons (Fsp3) is 0.692. The molecule has 2 rings (SSSR count). The summed E-state index contributed by atoms with van der Waals surface area (Å²) in [6, 6.07) is 1.80. The Kier molecular flexibility index (Phi) is 5.00. The number of sulfonamides is 1. The molecular formula is C13H22N2O2S2. The SMILES string of the molecule is CCCN(CC1CC1)S(=O)(=O)c1cc(CNC)cs1. The van der Waals surface area contributed by atoms with E-state index in [1.54, 1.807) is 10.4 Å². The van der Waals surface area contributed by atoms with Gasteiger partial charge >= 0.3 is 0 Å². The fourth-order valence-electron chi connectivity index (χ4n) is 2.06. The number of nitrogens with zero attached hydrogens (tertiary/aromatic N) is 1. The number of nitrogens with one attached hydrogen (secondary N) is 1. The van der Waals surface area contributed by atoms with Crippen LogP contribution in [0.25, 0.3) is 0 Å². The average molecular weight is 302 g/mol.